The highest BCUT2D eigenvalue weighted by atomic mass is 35.5. The Morgan fingerprint density at radius 1 is 1.17 bits per heavy atom. The van der Waals surface area contributed by atoms with Crippen molar-refractivity contribution in [3.05, 3.63) is 70.0 Å². The third kappa shape index (κ3) is 3.96. The molecule has 2 aliphatic rings. The standard InChI is InChI=1S/C22H19ClF3N3O/c23-18-5-3-15(22(24,25)26)9-17(18)20-6-4-16(30-20)12-29-8-7-19-14(11-29)10-27-21(28-19)13-1-2-13/h3-6,9-10,13H,1-2,7-8,11-12H2. The molecule has 30 heavy (non-hydrogen) atoms. The summed E-state index contributed by atoms with van der Waals surface area (Å²) >= 11 is 6.13. The van der Waals surface area contributed by atoms with E-state index in [1.807, 2.05) is 6.20 Å². The maximum absolute atomic E-state index is 13.0. The van der Waals surface area contributed by atoms with E-state index in [0.717, 1.165) is 48.7 Å². The molecule has 0 amide bonds. The van der Waals surface area contributed by atoms with E-state index < -0.39 is 11.7 Å². The van der Waals surface area contributed by atoms with Gasteiger partial charge in [-0.15, -0.1) is 0 Å². The fraction of sp³-hybridized carbons (Fsp3) is 0.364. The first-order chi connectivity index (χ1) is 14.4. The van der Waals surface area contributed by atoms with Crippen molar-refractivity contribution in [2.24, 2.45) is 0 Å². The van der Waals surface area contributed by atoms with Gasteiger partial charge >= 0.3 is 6.18 Å². The quantitative estimate of drug-likeness (QED) is 0.518. The van der Waals surface area contributed by atoms with Crippen LogP contribution in [0.5, 0.6) is 0 Å². The zero-order valence-electron chi connectivity index (χ0n) is 16.0. The highest BCUT2D eigenvalue weighted by Crippen LogP contribution is 2.39. The summed E-state index contributed by atoms with van der Waals surface area (Å²) in [4.78, 5) is 11.5. The topological polar surface area (TPSA) is 42.2 Å². The van der Waals surface area contributed by atoms with Crippen molar-refractivity contribution >= 4 is 11.6 Å². The summed E-state index contributed by atoms with van der Waals surface area (Å²) in [5.74, 6) is 2.52. The summed E-state index contributed by atoms with van der Waals surface area (Å²) in [5.41, 5.74) is 1.73. The smallest absolute Gasteiger partial charge is 0.416 e. The Kier molecular flexibility index (Phi) is 4.82. The van der Waals surface area contributed by atoms with Crippen LogP contribution >= 0.6 is 11.6 Å². The number of benzene rings is 1. The predicted molar refractivity (Wildman–Crippen MR) is 106 cm³/mol. The zero-order valence-corrected chi connectivity index (χ0v) is 16.8. The summed E-state index contributed by atoms with van der Waals surface area (Å²) in [6.45, 7) is 2.12. The molecule has 5 rings (SSSR count). The molecule has 4 nitrogen and oxygen atoms in total. The second-order valence-corrected chi connectivity index (χ2v) is 8.30. The average Bonchev–Trinajstić information content (AvgIpc) is 3.46. The molecule has 1 fully saturated rings. The molecule has 156 valence electrons. The minimum absolute atomic E-state index is 0.222. The molecule has 2 aromatic heterocycles. The van der Waals surface area contributed by atoms with E-state index in [4.69, 9.17) is 21.0 Å². The Hall–Kier alpha value is -2.38. The van der Waals surface area contributed by atoms with Gasteiger partial charge in [-0.25, -0.2) is 9.97 Å². The molecule has 1 saturated carbocycles. The first-order valence-corrected chi connectivity index (χ1v) is 10.3. The molecule has 0 atom stereocenters. The molecule has 3 heterocycles. The first-order valence-electron chi connectivity index (χ1n) is 9.90. The normalized spacial score (nSPS) is 17.2. The Labute approximate surface area is 176 Å². The van der Waals surface area contributed by atoms with Crippen LogP contribution in [-0.4, -0.2) is 21.4 Å². The van der Waals surface area contributed by atoms with Gasteiger partial charge in [-0.2, -0.15) is 13.2 Å². The lowest BCUT2D eigenvalue weighted by Gasteiger charge is -2.27. The summed E-state index contributed by atoms with van der Waals surface area (Å²) in [6, 6.07) is 6.70. The molecule has 0 spiro atoms. The fourth-order valence-electron chi connectivity index (χ4n) is 3.78. The molecule has 1 aliphatic heterocycles. The number of aromatic nitrogens is 2. The van der Waals surface area contributed by atoms with Crippen LogP contribution in [0.3, 0.4) is 0 Å². The lowest BCUT2D eigenvalue weighted by molar-refractivity contribution is -0.137. The first kappa shape index (κ1) is 19.6. The Balaban J connectivity index is 1.31. The third-order valence-electron chi connectivity index (χ3n) is 5.57. The number of nitrogens with zero attached hydrogens (tertiary/aromatic N) is 3. The van der Waals surface area contributed by atoms with E-state index in [2.05, 4.69) is 9.88 Å². The van der Waals surface area contributed by atoms with Crippen molar-refractivity contribution in [1.29, 1.82) is 0 Å². The minimum Gasteiger partial charge on any atom is -0.460 e. The van der Waals surface area contributed by atoms with E-state index >= 15 is 0 Å². The maximum atomic E-state index is 13.0. The Morgan fingerprint density at radius 2 is 2.00 bits per heavy atom. The fourth-order valence-corrected chi connectivity index (χ4v) is 3.99. The van der Waals surface area contributed by atoms with Crippen molar-refractivity contribution in [3.8, 4) is 11.3 Å². The van der Waals surface area contributed by atoms with Gasteiger partial charge in [0.05, 0.1) is 17.1 Å². The molecule has 0 saturated heterocycles. The minimum atomic E-state index is -4.43. The van der Waals surface area contributed by atoms with Crippen molar-refractivity contribution in [1.82, 2.24) is 14.9 Å². The van der Waals surface area contributed by atoms with E-state index in [0.29, 0.717) is 24.0 Å². The monoisotopic (exact) mass is 433 g/mol. The molecular formula is C22H19ClF3N3O. The van der Waals surface area contributed by atoms with Gasteiger partial charge in [-0.05, 0) is 43.2 Å². The van der Waals surface area contributed by atoms with E-state index in [-0.39, 0.29) is 10.6 Å². The van der Waals surface area contributed by atoms with Gasteiger partial charge in [0.15, 0.2) is 0 Å². The van der Waals surface area contributed by atoms with Gasteiger partial charge in [0.1, 0.15) is 17.3 Å². The molecular weight excluding hydrogens is 415 g/mol. The van der Waals surface area contributed by atoms with Gasteiger partial charge < -0.3 is 4.42 Å². The van der Waals surface area contributed by atoms with Crippen molar-refractivity contribution in [3.63, 3.8) is 0 Å². The molecule has 0 bridgehead atoms. The van der Waals surface area contributed by atoms with Crippen LogP contribution in [0.25, 0.3) is 11.3 Å². The van der Waals surface area contributed by atoms with Crippen molar-refractivity contribution in [2.45, 2.75) is 44.4 Å². The molecule has 0 unspecified atom stereocenters. The van der Waals surface area contributed by atoms with Gasteiger partial charge in [0, 0.05) is 48.4 Å². The second kappa shape index (κ2) is 7.39. The lowest BCUT2D eigenvalue weighted by atomic mass is 10.1. The van der Waals surface area contributed by atoms with Crippen LogP contribution in [-0.2, 0) is 25.7 Å². The van der Waals surface area contributed by atoms with Crippen molar-refractivity contribution < 1.29 is 17.6 Å². The number of rotatable bonds is 4. The molecule has 3 aromatic rings. The highest BCUT2D eigenvalue weighted by molar-refractivity contribution is 6.33. The van der Waals surface area contributed by atoms with Crippen LogP contribution < -0.4 is 0 Å². The number of alkyl halides is 3. The molecule has 0 radical (unpaired) electrons. The molecule has 1 aromatic carbocycles. The lowest BCUT2D eigenvalue weighted by Crippen LogP contribution is -2.31. The molecule has 1 aliphatic carbocycles. The predicted octanol–water partition coefficient (Wildman–Crippen LogP) is 5.84. The molecule has 0 N–H and O–H groups in total. The number of hydrogen-bond acceptors (Lipinski definition) is 4. The summed E-state index contributed by atoms with van der Waals surface area (Å²) in [5, 5.41) is 0.222. The third-order valence-corrected chi connectivity index (χ3v) is 5.90. The van der Waals surface area contributed by atoms with E-state index in [9.17, 15) is 13.2 Å². The number of hydrogen-bond donors (Lipinski definition) is 0. The Morgan fingerprint density at radius 3 is 2.77 bits per heavy atom. The average molecular weight is 434 g/mol. The Bertz CT molecular complexity index is 1090. The summed E-state index contributed by atoms with van der Waals surface area (Å²) in [6.07, 6.45) is 0.712. The van der Waals surface area contributed by atoms with Gasteiger partial charge in [0.2, 0.25) is 0 Å². The number of furan rings is 1. The van der Waals surface area contributed by atoms with Crippen LogP contribution in [0.15, 0.2) is 40.9 Å². The summed E-state index contributed by atoms with van der Waals surface area (Å²) in [7, 11) is 0. The molecule has 8 heteroatoms. The number of fused-ring (bicyclic) bond motifs is 1. The maximum Gasteiger partial charge on any atom is 0.416 e. The van der Waals surface area contributed by atoms with Crippen molar-refractivity contribution in [2.75, 3.05) is 6.54 Å². The SMILES string of the molecule is FC(F)(F)c1ccc(Cl)c(-c2ccc(CN3CCc4nc(C5CC5)ncc4C3)o2)c1. The van der Waals surface area contributed by atoms with Crippen LogP contribution in [0.1, 0.15) is 47.2 Å². The van der Waals surface area contributed by atoms with Gasteiger partial charge in [-0.1, -0.05) is 11.6 Å². The van der Waals surface area contributed by atoms with E-state index in [1.165, 1.54) is 18.9 Å². The second-order valence-electron chi connectivity index (χ2n) is 7.89. The zero-order chi connectivity index (χ0) is 20.9. The van der Waals surface area contributed by atoms with Gasteiger partial charge in [0.25, 0.3) is 0 Å². The van der Waals surface area contributed by atoms with Crippen LogP contribution in [0.2, 0.25) is 5.02 Å². The number of halogens is 4. The summed E-state index contributed by atoms with van der Waals surface area (Å²) < 4.78 is 44.9. The largest absolute Gasteiger partial charge is 0.460 e. The van der Waals surface area contributed by atoms with E-state index in [1.54, 1.807) is 12.1 Å². The van der Waals surface area contributed by atoms with Crippen LogP contribution in [0.4, 0.5) is 13.2 Å². The van der Waals surface area contributed by atoms with Gasteiger partial charge in [-0.3, -0.25) is 4.90 Å². The highest BCUT2D eigenvalue weighted by Gasteiger charge is 2.31. The van der Waals surface area contributed by atoms with Crippen LogP contribution in [0, 0.1) is 0 Å².